The fourth-order valence-corrected chi connectivity index (χ4v) is 1.86. The SMILES string of the molecule is COC(=O)c1cccc(NC(=O)c2cccc(OC(F)F)c2)c1. The largest absolute Gasteiger partial charge is 0.465 e. The Labute approximate surface area is 130 Å². The van der Waals surface area contributed by atoms with Gasteiger partial charge in [0.05, 0.1) is 12.7 Å². The summed E-state index contributed by atoms with van der Waals surface area (Å²) >= 11 is 0. The number of benzene rings is 2. The van der Waals surface area contributed by atoms with Crippen LogP contribution in [0.2, 0.25) is 0 Å². The summed E-state index contributed by atoms with van der Waals surface area (Å²) in [6.45, 7) is -2.97. The maximum atomic E-state index is 12.2. The van der Waals surface area contributed by atoms with E-state index in [1.54, 1.807) is 18.2 Å². The van der Waals surface area contributed by atoms with Gasteiger partial charge < -0.3 is 14.8 Å². The Balaban J connectivity index is 2.14. The Morgan fingerprint density at radius 1 is 1.04 bits per heavy atom. The predicted octanol–water partition coefficient (Wildman–Crippen LogP) is 3.33. The zero-order valence-electron chi connectivity index (χ0n) is 12.1. The number of carbonyl (C=O) groups excluding carboxylic acids is 2. The van der Waals surface area contributed by atoms with Crippen LogP contribution in [-0.2, 0) is 4.74 Å². The number of nitrogens with one attached hydrogen (secondary N) is 1. The van der Waals surface area contributed by atoms with Gasteiger partial charge in [-0.05, 0) is 36.4 Å². The van der Waals surface area contributed by atoms with Gasteiger partial charge >= 0.3 is 12.6 Å². The van der Waals surface area contributed by atoms with Gasteiger partial charge in [-0.2, -0.15) is 8.78 Å². The summed E-state index contributed by atoms with van der Waals surface area (Å²) < 4.78 is 33.2. The van der Waals surface area contributed by atoms with E-state index in [2.05, 4.69) is 14.8 Å². The van der Waals surface area contributed by atoms with Gasteiger partial charge in [-0.15, -0.1) is 0 Å². The average Bonchev–Trinajstić information content (AvgIpc) is 2.54. The van der Waals surface area contributed by atoms with E-state index in [0.29, 0.717) is 5.69 Å². The Hall–Kier alpha value is -2.96. The maximum absolute atomic E-state index is 12.2. The van der Waals surface area contributed by atoms with Crippen molar-refractivity contribution in [1.82, 2.24) is 0 Å². The number of hydrogen-bond donors (Lipinski definition) is 1. The average molecular weight is 321 g/mol. The van der Waals surface area contributed by atoms with Crippen LogP contribution in [-0.4, -0.2) is 25.6 Å². The topological polar surface area (TPSA) is 64.6 Å². The number of methoxy groups -OCH3 is 1. The van der Waals surface area contributed by atoms with Crippen molar-refractivity contribution in [3.63, 3.8) is 0 Å². The zero-order valence-corrected chi connectivity index (χ0v) is 12.1. The minimum Gasteiger partial charge on any atom is -0.465 e. The molecule has 0 unspecified atom stereocenters. The van der Waals surface area contributed by atoms with Crippen molar-refractivity contribution >= 4 is 17.6 Å². The van der Waals surface area contributed by atoms with Crippen molar-refractivity contribution in [2.24, 2.45) is 0 Å². The molecule has 7 heteroatoms. The fourth-order valence-electron chi connectivity index (χ4n) is 1.86. The van der Waals surface area contributed by atoms with Gasteiger partial charge in [0, 0.05) is 11.3 Å². The van der Waals surface area contributed by atoms with Crippen molar-refractivity contribution < 1.29 is 27.8 Å². The minimum absolute atomic E-state index is 0.115. The highest BCUT2D eigenvalue weighted by atomic mass is 19.3. The van der Waals surface area contributed by atoms with Crippen LogP contribution in [0.5, 0.6) is 5.75 Å². The Morgan fingerprint density at radius 2 is 1.74 bits per heavy atom. The van der Waals surface area contributed by atoms with Gasteiger partial charge in [0.1, 0.15) is 5.75 Å². The van der Waals surface area contributed by atoms with Gasteiger partial charge in [0.2, 0.25) is 0 Å². The van der Waals surface area contributed by atoms with E-state index in [0.717, 1.165) is 0 Å². The molecule has 1 N–H and O–H groups in total. The van der Waals surface area contributed by atoms with Gasteiger partial charge in [0.15, 0.2) is 0 Å². The number of rotatable bonds is 5. The molecule has 0 saturated heterocycles. The number of esters is 1. The summed E-state index contributed by atoms with van der Waals surface area (Å²) in [5.41, 5.74) is 0.796. The third-order valence-corrected chi connectivity index (χ3v) is 2.86. The van der Waals surface area contributed by atoms with Gasteiger partial charge in [0.25, 0.3) is 5.91 Å². The van der Waals surface area contributed by atoms with Crippen LogP contribution in [0.3, 0.4) is 0 Å². The van der Waals surface area contributed by atoms with Crippen LogP contribution in [0, 0.1) is 0 Å². The zero-order chi connectivity index (χ0) is 16.8. The quantitative estimate of drug-likeness (QED) is 0.858. The van der Waals surface area contributed by atoms with Crippen LogP contribution < -0.4 is 10.1 Å². The van der Waals surface area contributed by atoms with Crippen LogP contribution in [0.4, 0.5) is 14.5 Å². The molecule has 0 atom stereocenters. The molecule has 0 fully saturated rings. The summed E-state index contributed by atoms with van der Waals surface area (Å²) in [6, 6.07) is 11.6. The van der Waals surface area contributed by atoms with E-state index < -0.39 is 18.5 Å². The van der Waals surface area contributed by atoms with Gasteiger partial charge in [-0.25, -0.2) is 4.79 Å². The molecule has 0 aliphatic heterocycles. The molecule has 0 bridgehead atoms. The van der Waals surface area contributed by atoms with Crippen molar-refractivity contribution in [3.05, 3.63) is 59.7 Å². The van der Waals surface area contributed by atoms with Crippen molar-refractivity contribution in [2.75, 3.05) is 12.4 Å². The normalized spacial score (nSPS) is 10.3. The third-order valence-electron chi connectivity index (χ3n) is 2.86. The highest BCUT2D eigenvalue weighted by Gasteiger charge is 2.11. The second-order valence-corrected chi connectivity index (χ2v) is 4.43. The molecule has 2 rings (SSSR count). The monoisotopic (exact) mass is 321 g/mol. The van der Waals surface area contributed by atoms with Crippen molar-refractivity contribution in [1.29, 1.82) is 0 Å². The smallest absolute Gasteiger partial charge is 0.387 e. The molecule has 0 aliphatic carbocycles. The molecule has 5 nitrogen and oxygen atoms in total. The molecule has 0 aliphatic rings. The molecule has 1 amide bonds. The van der Waals surface area contributed by atoms with Crippen molar-refractivity contribution in [3.8, 4) is 5.75 Å². The second-order valence-electron chi connectivity index (χ2n) is 4.43. The number of alkyl halides is 2. The van der Waals surface area contributed by atoms with E-state index in [4.69, 9.17) is 0 Å². The maximum Gasteiger partial charge on any atom is 0.387 e. The van der Waals surface area contributed by atoms with Crippen LogP contribution in [0.15, 0.2) is 48.5 Å². The Morgan fingerprint density at radius 3 is 2.43 bits per heavy atom. The van der Waals surface area contributed by atoms with Crippen molar-refractivity contribution in [2.45, 2.75) is 6.61 Å². The lowest BCUT2D eigenvalue weighted by atomic mass is 10.1. The van der Waals surface area contributed by atoms with E-state index in [-0.39, 0.29) is 16.9 Å². The summed E-state index contributed by atoms with van der Waals surface area (Å²) in [5, 5.41) is 2.57. The molecular weight excluding hydrogens is 308 g/mol. The van der Waals surface area contributed by atoms with E-state index in [1.807, 2.05) is 0 Å². The van der Waals surface area contributed by atoms with Gasteiger partial charge in [-0.1, -0.05) is 12.1 Å². The molecule has 0 saturated carbocycles. The lowest BCUT2D eigenvalue weighted by Crippen LogP contribution is -2.13. The molecular formula is C16H13F2NO4. The fraction of sp³-hybridized carbons (Fsp3) is 0.125. The molecule has 0 radical (unpaired) electrons. The predicted molar refractivity (Wildman–Crippen MR) is 78.8 cm³/mol. The second kappa shape index (κ2) is 7.35. The van der Waals surface area contributed by atoms with Crippen LogP contribution in [0.25, 0.3) is 0 Å². The first-order valence-corrected chi connectivity index (χ1v) is 6.54. The molecule has 0 heterocycles. The minimum atomic E-state index is -2.97. The first-order chi connectivity index (χ1) is 11.0. The van der Waals surface area contributed by atoms with E-state index >= 15 is 0 Å². The summed E-state index contributed by atoms with van der Waals surface area (Å²) in [4.78, 5) is 23.6. The number of amides is 1. The summed E-state index contributed by atoms with van der Waals surface area (Å²) in [6.07, 6.45) is 0. The first-order valence-electron chi connectivity index (χ1n) is 6.54. The molecule has 2 aromatic rings. The van der Waals surface area contributed by atoms with Crippen LogP contribution >= 0.6 is 0 Å². The van der Waals surface area contributed by atoms with Gasteiger partial charge in [-0.3, -0.25) is 4.79 Å². The third kappa shape index (κ3) is 4.50. The number of hydrogen-bond acceptors (Lipinski definition) is 4. The standard InChI is InChI=1S/C16H13F2NO4/c1-22-15(21)11-5-2-6-12(8-11)19-14(20)10-4-3-7-13(9-10)23-16(17)18/h2-9,16H,1H3,(H,19,20). The highest BCUT2D eigenvalue weighted by molar-refractivity contribution is 6.05. The number of carbonyl (C=O) groups is 2. The summed E-state index contributed by atoms with van der Waals surface area (Å²) in [5.74, 6) is -1.17. The van der Waals surface area contributed by atoms with E-state index in [1.165, 1.54) is 37.4 Å². The number of ether oxygens (including phenoxy) is 2. The molecule has 0 spiro atoms. The highest BCUT2D eigenvalue weighted by Crippen LogP contribution is 2.18. The van der Waals surface area contributed by atoms with E-state index in [9.17, 15) is 18.4 Å². The molecule has 120 valence electrons. The molecule has 23 heavy (non-hydrogen) atoms. The summed E-state index contributed by atoms with van der Waals surface area (Å²) in [7, 11) is 1.25. The number of halogens is 2. The Kier molecular flexibility index (Phi) is 5.24. The lowest BCUT2D eigenvalue weighted by molar-refractivity contribution is -0.0498. The molecule has 0 aromatic heterocycles. The van der Waals surface area contributed by atoms with Crippen LogP contribution in [0.1, 0.15) is 20.7 Å². The first kappa shape index (κ1) is 16.4. The number of anilines is 1. The molecule has 2 aromatic carbocycles. The Bertz CT molecular complexity index is 719. The lowest BCUT2D eigenvalue weighted by Gasteiger charge is -2.09.